The van der Waals surface area contributed by atoms with Crippen LogP contribution in [-0.2, 0) is 4.74 Å². The summed E-state index contributed by atoms with van der Waals surface area (Å²) in [7, 11) is 2.13. The number of benzene rings is 2. The van der Waals surface area contributed by atoms with Crippen molar-refractivity contribution in [2.75, 3.05) is 32.1 Å². The fourth-order valence-corrected chi connectivity index (χ4v) is 3.37. The van der Waals surface area contributed by atoms with Crippen molar-refractivity contribution < 1.29 is 4.74 Å². The van der Waals surface area contributed by atoms with E-state index in [0.717, 1.165) is 41.9 Å². The van der Waals surface area contributed by atoms with E-state index in [1.807, 2.05) is 36.4 Å². The number of hydrogen-bond donors (Lipinski definition) is 1. The van der Waals surface area contributed by atoms with Crippen molar-refractivity contribution in [3.63, 3.8) is 0 Å². The molecule has 1 fully saturated rings. The van der Waals surface area contributed by atoms with Gasteiger partial charge in [-0.15, -0.1) is 0 Å². The van der Waals surface area contributed by atoms with Gasteiger partial charge < -0.3 is 15.0 Å². The van der Waals surface area contributed by atoms with E-state index in [4.69, 9.17) is 14.7 Å². The first-order valence-corrected chi connectivity index (χ1v) is 9.09. The number of hydrogen-bond acceptors (Lipinski definition) is 5. The maximum atomic E-state index is 5.92. The standard InChI is InChI=1S/C21H24N4O/c1-15(19-14-25(2)12-13-26-19)22-21-23-18-11-7-6-10-17(18)20(24-21)16-8-4-3-5-9-16/h3-11,15,19H,12-14H2,1-2H3,(H,22,23,24). The summed E-state index contributed by atoms with van der Waals surface area (Å²) in [6, 6.07) is 18.5. The molecule has 0 amide bonds. The number of anilines is 1. The minimum Gasteiger partial charge on any atom is -0.373 e. The molecule has 134 valence electrons. The van der Waals surface area contributed by atoms with Gasteiger partial charge in [-0.1, -0.05) is 48.5 Å². The lowest BCUT2D eigenvalue weighted by atomic mass is 10.1. The zero-order valence-electron chi connectivity index (χ0n) is 15.2. The van der Waals surface area contributed by atoms with Crippen LogP contribution in [0, 0.1) is 0 Å². The van der Waals surface area contributed by atoms with E-state index in [0.29, 0.717) is 5.95 Å². The second-order valence-corrected chi connectivity index (χ2v) is 6.88. The van der Waals surface area contributed by atoms with Crippen LogP contribution in [0.1, 0.15) is 6.92 Å². The molecule has 1 aromatic heterocycles. The summed E-state index contributed by atoms with van der Waals surface area (Å²) in [6.45, 7) is 4.78. The van der Waals surface area contributed by atoms with Gasteiger partial charge in [0.15, 0.2) is 0 Å². The molecule has 2 unspecified atom stereocenters. The van der Waals surface area contributed by atoms with Gasteiger partial charge in [-0.2, -0.15) is 0 Å². The molecule has 0 saturated carbocycles. The van der Waals surface area contributed by atoms with Crippen molar-refractivity contribution in [2.24, 2.45) is 0 Å². The van der Waals surface area contributed by atoms with Gasteiger partial charge in [-0.05, 0) is 20.0 Å². The molecule has 0 radical (unpaired) electrons. The van der Waals surface area contributed by atoms with Gasteiger partial charge in [0.05, 0.1) is 30.0 Å². The zero-order chi connectivity index (χ0) is 17.9. The maximum absolute atomic E-state index is 5.92. The summed E-state index contributed by atoms with van der Waals surface area (Å²) in [6.07, 6.45) is 0.129. The topological polar surface area (TPSA) is 50.3 Å². The van der Waals surface area contributed by atoms with Gasteiger partial charge in [0, 0.05) is 24.0 Å². The molecule has 4 rings (SSSR count). The van der Waals surface area contributed by atoms with E-state index in [-0.39, 0.29) is 12.1 Å². The molecule has 0 aliphatic carbocycles. The van der Waals surface area contributed by atoms with Gasteiger partial charge in [0.2, 0.25) is 5.95 Å². The van der Waals surface area contributed by atoms with Gasteiger partial charge >= 0.3 is 0 Å². The van der Waals surface area contributed by atoms with Crippen LogP contribution in [0.15, 0.2) is 54.6 Å². The van der Waals surface area contributed by atoms with Crippen LogP contribution >= 0.6 is 0 Å². The average Bonchev–Trinajstić information content (AvgIpc) is 2.68. The van der Waals surface area contributed by atoms with Crippen LogP contribution in [0.2, 0.25) is 0 Å². The summed E-state index contributed by atoms with van der Waals surface area (Å²) in [5, 5.41) is 4.52. The maximum Gasteiger partial charge on any atom is 0.224 e. The van der Waals surface area contributed by atoms with Crippen LogP contribution in [0.25, 0.3) is 22.2 Å². The molecular formula is C21H24N4O. The largest absolute Gasteiger partial charge is 0.373 e. The Balaban J connectivity index is 1.67. The minimum absolute atomic E-state index is 0.127. The Labute approximate surface area is 154 Å². The number of ether oxygens (including phenoxy) is 1. The number of morpholine rings is 1. The highest BCUT2D eigenvalue weighted by Crippen LogP contribution is 2.27. The van der Waals surface area contributed by atoms with E-state index in [9.17, 15) is 0 Å². The summed E-state index contributed by atoms with van der Waals surface area (Å²) in [4.78, 5) is 11.9. The predicted molar refractivity (Wildman–Crippen MR) is 105 cm³/mol. The Hall–Kier alpha value is -2.50. The molecule has 26 heavy (non-hydrogen) atoms. The van der Waals surface area contributed by atoms with E-state index < -0.39 is 0 Å². The molecule has 2 aromatic carbocycles. The first kappa shape index (κ1) is 16.9. The molecule has 1 aliphatic rings. The number of aromatic nitrogens is 2. The van der Waals surface area contributed by atoms with Gasteiger partial charge in [0.1, 0.15) is 0 Å². The van der Waals surface area contributed by atoms with Crippen LogP contribution in [-0.4, -0.2) is 53.8 Å². The van der Waals surface area contributed by atoms with Crippen molar-refractivity contribution in [3.05, 3.63) is 54.6 Å². The van der Waals surface area contributed by atoms with E-state index in [1.165, 1.54) is 0 Å². The lowest BCUT2D eigenvalue weighted by Gasteiger charge is -2.34. The van der Waals surface area contributed by atoms with Crippen molar-refractivity contribution in [3.8, 4) is 11.3 Å². The normalized spacial score (nSPS) is 19.4. The monoisotopic (exact) mass is 348 g/mol. The number of nitrogens with one attached hydrogen (secondary N) is 1. The zero-order valence-corrected chi connectivity index (χ0v) is 15.2. The SMILES string of the molecule is CC(Nc1nc(-c2ccccc2)c2ccccc2n1)C1CN(C)CCO1. The predicted octanol–water partition coefficient (Wildman–Crippen LogP) is 3.43. The van der Waals surface area contributed by atoms with E-state index >= 15 is 0 Å². The average molecular weight is 348 g/mol. The molecular weight excluding hydrogens is 324 g/mol. The molecule has 0 spiro atoms. The third-order valence-electron chi connectivity index (χ3n) is 4.86. The lowest BCUT2D eigenvalue weighted by Crippen LogP contribution is -2.47. The molecule has 0 bridgehead atoms. The second-order valence-electron chi connectivity index (χ2n) is 6.88. The van der Waals surface area contributed by atoms with Crippen LogP contribution < -0.4 is 5.32 Å². The minimum atomic E-state index is 0.127. The summed E-state index contributed by atoms with van der Waals surface area (Å²) >= 11 is 0. The Morgan fingerprint density at radius 1 is 1.08 bits per heavy atom. The third kappa shape index (κ3) is 3.54. The summed E-state index contributed by atoms with van der Waals surface area (Å²) in [5.41, 5.74) is 2.99. The molecule has 1 saturated heterocycles. The summed E-state index contributed by atoms with van der Waals surface area (Å²) in [5.74, 6) is 0.645. The van der Waals surface area contributed by atoms with E-state index in [1.54, 1.807) is 0 Å². The highest BCUT2D eigenvalue weighted by atomic mass is 16.5. The van der Waals surface area contributed by atoms with Crippen LogP contribution in [0.5, 0.6) is 0 Å². The molecule has 1 aliphatic heterocycles. The highest BCUT2D eigenvalue weighted by molar-refractivity contribution is 5.93. The van der Waals surface area contributed by atoms with Crippen molar-refractivity contribution >= 4 is 16.9 Å². The number of nitrogens with zero attached hydrogens (tertiary/aromatic N) is 3. The first-order chi connectivity index (χ1) is 12.7. The number of para-hydroxylation sites is 1. The molecule has 2 heterocycles. The molecule has 3 aromatic rings. The molecule has 2 atom stereocenters. The van der Waals surface area contributed by atoms with Crippen molar-refractivity contribution in [1.82, 2.24) is 14.9 Å². The second kappa shape index (κ2) is 7.40. The Kier molecular flexibility index (Phi) is 4.82. The lowest BCUT2D eigenvalue weighted by molar-refractivity contribution is -0.0260. The smallest absolute Gasteiger partial charge is 0.224 e. The van der Waals surface area contributed by atoms with Gasteiger partial charge in [-0.25, -0.2) is 9.97 Å². The Morgan fingerprint density at radius 2 is 1.85 bits per heavy atom. The van der Waals surface area contributed by atoms with Crippen LogP contribution in [0.3, 0.4) is 0 Å². The summed E-state index contributed by atoms with van der Waals surface area (Å²) < 4.78 is 5.92. The molecule has 5 nitrogen and oxygen atoms in total. The highest BCUT2D eigenvalue weighted by Gasteiger charge is 2.24. The third-order valence-corrected chi connectivity index (χ3v) is 4.86. The first-order valence-electron chi connectivity index (χ1n) is 9.09. The fourth-order valence-electron chi connectivity index (χ4n) is 3.37. The number of likely N-dealkylation sites (N-methyl/N-ethyl adjacent to an activating group) is 1. The Morgan fingerprint density at radius 3 is 2.65 bits per heavy atom. The van der Waals surface area contributed by atoms with Crippen molar-refractivity contribution in [1.29, 1.82) is 0 Å². The Bertz CT molecular complexity index is 884. The molecule has 1 N–H and O–H groups in total. The van der Waals surface area contributed by atoms with Gasteiger partial charge in [0.25, 0.3) is 0 Å². The quantitative estimate of drug-likeness (QED) is 0.783. The van der Waals surface area contributed by atoms with Crippen molar-refractivity contribution in [2.45, 2.75) is 19.1 Å². The van der Waals surface area contributed by atoms with E-state index in [2.05, 4.69) is 42.4 Å². The number of fused-ring (bicyclic) bond motifs is 1. The fraction of sp³-hybridized carbons (Fsp3) is 0.333. The van der Waals surface area contributed by atoms with Crippen LogP contribution in [0.4, 0.5) is 5.95 Å². The number of rotatable bonds is 4. The molecule has 5 heteroatoms. The van der Waals surface area contributed by atoms with Gasteiger partial charge in [-0.3, -0.25) is 0 Å².